The van der Waals surface area contributed by atoms with Crippen LogP contribution < -0.4 is 4.90 Å². The molecule has 0 amide bonds. The second-order valence-electron chi connectivity index (χ2n) is 15.7. The zero-order valence-corrected chi connectivity index (χ0v) is 33.2. The maximum Gasteiger partial charge on any atom is 0.138 e. The Balaban J connectivity index is 1.15. The van der Waals surface area contributed by atoms with Crippen molar-refractivity contribution in [1.82, 2.24) is 4.57 Å². The van der Waals surface area contributed by atoms with Crippen LogP contribution in [0.1, 0.15) is 0 Å². The van der Waals surface area contributed by atoms with E-state index in [1.165, 1.54) is 49.4 Å². The summed E-state index contributed by atoms with van der Waals surface area (Å²) in [6.45, 7) is 0. The number of fused-ring (bicyclic) bond motifs is 7. The zero-order valence-electron chi connectivity index (χ0n) is 33.2. The average molecular weight is 779 g/mol. The Morgan fingerprint density at radius 1 is 0.328 bits per heavy atom. The SMILES string of the molecule is c1ccc(-c2ccc(N(c3ccc4ccccc4c3)c3ccc4c5c(-c6ccccc6)c6c(cc5n(-c5ccc(-c7ccccc7)cc5)c4c3)oc3ccccc36)cc2)cc1. The third kappa shape index (κ3) is 5.90. The first-order valence-corrected chi connectivity index (χ1v) is 20.8. The van der Waals surface area contributed by atoms with Gasteiger partial charge in [-0.25, -0.2) is 0 Å². The molecule has 0 spiro atoms. The fraction of sp³-hybridized carbons (Fsp3) is 0. The van der Waals surface area contributed by atoms with Gasteiger partial charge in [0.15, 0.2) is 0 Å². The van der Waals surface area contributed by atoms with Gasteiger partial charge in [0.2, 0.25) is 0 Å². The Bertz CT molecular complexity index is 3550. The van der Waals surface area contributed by atoms with Gasteiger partial charge in [-0.2, -0.15) is 0 Å². The van der Waals surface area contributed by atoms with Gasteiger partial charge < -0.3 is 13.9 Å². The third-order valence-corrected chi connectivity index (χ3v) is 12.2. The van der Waals surface area contributed by atoms with E-state index in [1.807, 2.05) is 0 Å². The van der Waals surface area contributed by atoms with E-state index < -0.39 is 0 Å². The van der Waals surface area contributed by atoms with E-state index in [0.29, 0.717) is 0 Å². The van der Waals surface area contributed by atoms with Crippen LogP contribution in [0.25, 0.3) is 93.6 Å². The van der Waals surface area contributed by atoms with Crippen LogP contribution in [-0.2, 0) is 0 Å². The molecule has 0 fully saturated rings. The number of aromatic nitrogens is 1. The number of anilines is 3. The van der Waals surface area contributed by atoms with E-state index in [9.17, 15) is 0 Å². The van der Waals surface area contributed by atoms with Crippen molar-refractivity contribution in [3.05, 3.63) is 231 Å². The molecular weight excluding hydrogens is 741 g/mol. The first kappa shape index (κ1) is 34.9. The minimum atomic E-state index is 0.869. The van der Waals surface area contributed by atoms with Crippen LogP contribution in [0.3, 0.4) is 0 Å². The Morgan fingerprint density at radius 3 is 1.57 bits per heavy atom. The first-order chi connectivity index (χ1) is 30.2. The number of nitrogens with zero attached hydrogens (tertiary/aromatic N) is 2. The number of para-hydroxylation sites is 1. The molecular formula is C58H38N2O. The van der Waals surface area contributed by atoms with Crippen LogP contribution in [-0.4, -0.2) is 4.57 Å². The van der Waals surface area contributed by atoms with Crippen LogP contribution in [0.4, 0.5) is 17.1 Å². The lowest BCUT2D eigenvalue weighted by Crippen LogP contribution is -2.10. The zero-order chi connectivity index (χ0) is 40.3. The molecule has 10 aromatic carbocycles. The lowest BCUT2D eigenvalue weighted by molar-refractivity contribution is 0.669. The van der Waals surface area contributed by atoms with Gasteiger partial charge in [-0.15, -0.1) is 0 Å². The highest BCUT2D eigenvalue weighted by molar-refractivity contribution is 6.27. The van der Waals surface area contributed by atoms with Crippen molar-refractivity contribution in [1.29, 1.82) is 0 Å². The summed E-state index contributed by atoms with van der Waals surface area (Å²) in [7, 11) is 0. The van der Waals surface area contributed by atoms with E-state index in [-0.39, 0.29) is 0 Å². The topological polar surface area (TPSA) is 21.3 Å². The van der Waals surface area contributed by atoms with Gasteiger partial charge in [-0.1, -0.05) is 170 Å². The Labute approximate surface area is 353 Å². The van der Waals surface area contributed by atoms with Gasteiger partial charge in [0.05, 0.1) is 11.0 Å². The van der Waals surface area contributed by atoms with Gasteiger partial charge in [-0.05, 0) is 93.2 Å². The predicted molar refractivity (Wildman–Crippen MR) is 257 cm³/mol. The maximum absolute atomic E-state index is 6.72. The predicted octanol–water partition coefficient (Wildman–Crippen LogP) is 16.3. The average Bonchev–Trinajstić information content (AvgIpc) is 3.87. The van der Waals surface area contributed by atoms with E-state index in [4.69, 9.17) is 4.42 Å². The molecule has 0 atom stereocenters. The summed E-state index contributed by atoms with van der Waals surface area (Å²) in [6.07, 6.45) is 0. The van der Waals surface area contributed by atoms with Gasteiger partial charge >= 0.3 is 0 Å². The van der Waals surface area contributed by atoms with Gasteiger partial charge in [0.25, 0.3) is 0 Å². The third-order valence-electron chi connectivity index (χ3n) is 12.2. The van der Waals surface area contributed by atoms with Crippen molar-refractivity contribution < 1.29 is 4.42 Å². The molecule has 12 rings (SSSR count). The van der Waals surface area contributed by atoms with Crippen LogP contribution in [0.2, 0.25) is 0 Å². The quantitative estimate of drug-likeness (QED) is 0.161. The molecule has 0 N–H and O–H groups in total. The van der Waals surface area contributed by atoms with Gasteiger partial charge in [0, 0.05) is 55.9 Å². The van der Waals surface area contributed by atoms with Crippen molar-refractivity contribution in [3.63, 3.8) is 0 Å². The summed E-state index contributed by atoms with van der Waals surface area (Å²) in [5, 5.41) is 7.03. The van der Waals surface area contributed by atoms with Crippen LogP contribution in [0, 0.1) is 0 Å². The fourth-order valence-electron chi connectivity index (χ4n) is 9.31. The molecule has 0 aliphatic heterocycles. The highest BCUT2D eigenvalue weighted by atomic mass is 16.3. The highest BCUT2D eigenvalue weighted by Crippen LogP contribution is 2.48. The lowest BCUT2D eigenvalue weighted by Gasteiger charge is -2.26. The smallest absolute Gasteiger partial charge is 0.138 e. The molecule has 0 aliphatic rings. The van der Waals surface area contributed by atoms with Crippen molar-refractivity contribution >= 4 is 71.6 Å². The summed E-state index contributed by atoms with van der Waals surface area (Å²) in [4.78, 5) is 2.39. The maximum atomic E-state index is 6.72. The van der Waals surface area contributed by atoms with E-state index >= 15 is 0 Å². The summed E-state index contributed by atoms with van der Waals surface area (Å²) < 4.78 is 9.15. The molecule has 0 bridgehead atoms. The molecule has 2 aromatic heterocycles. The molecule has 286 valence electrons. The molecule has 3 heteroatoms. The second-order valence-corrected chi connectivity index (χ2v) is 15.7. The molecule has 0 radical (unpaired) electrons. The summed E-state index contributed by atoms with van der Waals surface area (Å²) >= 11 is 0. The van der Waals surface area contributed by atoms with Gasteiger partial charge in [0.1, 0.15) is 11.2 Å². The number of furan rings is 1. The molecule has 61 heavy (non-hydrogen) atoms. The second kappa shape index (κ2) is 14.3. The number of rotatable bonds is 7. The molecule has 3 nitrogen and oxygen atoms in total. The van der Waals surface area contributed by atoms with E-state index in [0.717, 1.165) is 61.3 Å². The molecule has 0 unspecified atom stereocenters. The van der Waals surface area contributed by atoms with Crippen LogP contribution in [0.15, 0.2) is 235 Å². The number of benzene rings is 10. The van der Waals surface area contributed by atoms with Crippen molar-refractivity contribution in [2.75, 3.05) is 4.90 Å². The molecule has 0 saturated heterocycles. The van der Waals surface area contributed by atoms with E-state index in [2.05, 4.69) is 240 Å². The summed E-state index contributed by atoms with van der Waals surface area (Å²) in [6, 6.07) is 82.9. The lowest BCUT2D eigenvalue weighted by atomic mass is 9.94. The van der Waals surface area contributed by atoms with Crippen molar-refractivity contribution in [2.45, 2.75) is 0 Å². The summed E-state index contributed by atoms with van der Waals surface area (Å²) in [5.41, 5.74) is 15.4. The monoisotopic (exact) mass is 778 g/mol. The first-order valence-electron chi connectivity index (χ1n) is 20.8. The Kier molecular flexibility index (Phi) is 8.17. The van der Waals surface area contributed by atoms with Crippen LogP contribution >= 0.6 is 0 Å². The molecule has 12 aromatic rings. The Hall–Kier alpha value is -8.14. The fourth-order valence-corrected chi connectivity index (χ4v) is 9.31. The standard InChI is InChI=1S/C58H38N2O/c1-4-14-39(15-5-1)42-24-29-46(30-25-42)59(48-33-28-41-18-10-11-21-45(41)36-48)49-34-35-50-52(37-49)60(47-31-26-43(27-32-47)40-16-6-2-7-17-40)53-38-55-58(51-22-12-13-23-54(51)61-55)56(57(50)53)44-19-8-3-9-20-44/h1-38H. The summed E-state index contributed by atoms with van der Waals surface area (Å²) in [5.74, 6) is 0. The number of hydrogen-bond donors (Lipinski definition) is 0. The van der Waals surface area contributed by atoms with E-state index in [1.54, 1.807) is 0 Å². The highest BCUT2D eigenvalue weighted by Gasteiger charge is 2.24. The minimum absolute atomic E-state index is 0.869. The molecule has 2 heterocycles. The van der Waals surface area contributed by atoms with Crippen molar-refractivity contribution in [3.8, 4) is 39.1 Å². The Morgan fingerprint density at radius 2 is 0.869 bits per heavy atom. The van der Waals surface area contributed by atoms with Gasteiger partial charge in [-0.3, -0.25) is 0 Å². The molecule has 0 aliphatic carbocycles. The largest absolute Gasteiger partial charge is 0.456 e. The normalized spacial score (nSPS) is 11.6. The minimum Gasteiger partial charge on any atom is -0.456 e. The van der Waals surface area contributed by atoms with Crippen LogP contribution in [0.5, 0.6) is 0 Å². The van der Waals surface area contributed by atoms with Crippen molar-refractivity contribution in [2.24, 2.45) is 0 Å². The molecule has 0 saturated carbocycles. The number of hydrogen-bond acceptors (Lipinski definition) is 2.